The topological polar surface area (TPSA) is 26.0 Å². The maximum absolute atomic E-state index is 6.43. The van der Waals surface area contributed by atoms with Gasteiger partial charge in [-0.25, -0.2) is 0 Å². The fraction of sp³-hybridized carbons (Fsp3) is 1.00. The van der Waals surface area contributed by atoms with Crippen LogP contribution in [0.15, 0.2) is 0 Å². The number of nitrogens with two attached hydrogens (primary N) is 1. The predicted molar refractivity (Wildman–Crippen MR) is 65.3 cm³/mol. The van der Waals surface area contributed by atoms with E-state index in [0.717, 1.165) is 6.42 Å². The maximum Gasteiger partial charge on any atom is 0.0161 e. The molecule has 0 rings (SSSR count). The molecular formula is C13H29N. The average molecular weight is 199 g/mol. The van der Waals surface area contributed by atoms with Gasteiger partial charge in [0.15, 0.2) is 0 Å². The van der Waals surface area contributed by atoms with E-state index in [1.807, 2.05) is 0 Å². The van der Waals surface area contributed by atoms with Crippen molar-refractivity contribution < 1.29 is 0 Å². The Kier molecular flexibility index (Phi) is 3.83. The summed E-state index contributed by atoms with van der Waals surface area (Å²) < 4.78 is 0. The zero-order valence-corrected chi connectivity index (χ0v) is 11.4. The van der Waals surface area contributed by atoms with Crippen LogP contribution >= 0.6 is 0 Å². The smallest absolute Gasteiger partial charge is 0.0161 e. The summed E-state index contributed by atoms with van der Waals surface area (Å²) in [5.74, 6) is 0.521. The summed E-state index contributed by atoms with van der Waals surface area (Å²) in [7, 11) is 0. The minimum absolute atomic E-state index is 0.0729. The van der Waals surface area contributed by atoms with Gasteiger partial charge in [-0.3, -0.25) is 0 Å². The molecule has 0 aromatic carbocycles. The van der Waals surface area contributed by atoms with Gasteiger partial charge < -0.3 is 5.73 Å². The second kappa shape index (κ2) is 3.84. The lowest BCUT2D eigenvalue weighted by Crippen LogP contribution is -2.54. The molecule has 0 aliphatic carbocycles. The van der Waals surface area contributed by atoms with E-state index in [1.54, 1.807) is 0 Å². The van der Waals surface area contributed by atoms with Crippen LogP contribution in [0.25, 0.3) is 0 Å². The molecule has 1 atom stereocenters. The highest BCUT2D eigenvalue weighted by Crippen LogP contribution is 2.46. The first-order valence-corrected chi connectivity index (χ1v) is 5.72. The Bertz CT molecular complexity index is 164. The minimum atomic E-state index is -0.0729. The lowest BCUT2D eigenvalue weighted by Gasteiger charge is -2.50. The zero-order chi connectivity index (χ0) is 11.8. The van der Waals surface area contributed by atoms with Crippen molar-refractivity contribution in [1.82, 2.24) is 0 Å². The summed E-state index contributed by atoms with van der Waals surface area (Å²) in [6.45, 7) is 18.1. The molecule has 1 nitrogen and oxygen atoms in total. The van der Waals surface area contributed by atoms with Gasteiger partial charge in [-0.05, 0) is 30.1 Å². The lowest BCUT2D eigenvalue weighted by atomic mass is 9.58. The SMILES string of the molecule is CCC(C)(N)C(C(C)(C)C)C(C)(C)C. The first-order chi connectivity index (χ1) is 5.93. The van der Waals surface area contributed by atoms with E-state index in [9.17, 15) is 0 Å². The van der Waals surface area contributed by atoms with Gasteiger partial charge in [-0.2, -0.15) is 0 Å². The van der Waals surface area contributed by atoms with Gasteiger partial charge in [-0.1, -0.05) is 48.5 Å². The molecule has 86 valence electrons. The first-order valence-electron chi connectivity index (χ1n) is 5.72. The van der Waals surface area contributed by atoms with Crippen molar-refractivity contribution in [3.05, 3.63) is 0 Å². The molecule has 0 aliphatic rings. The van der Waals surface area contributed by atoms with E-state index in [2.05, 4.69) is 55.4 Å². The van der Waals surface area contributed by atoms with Crippen molar-refractivity contribution >= 4 is 0 Å². The maximum atomic E-state index is 6.43. The van der Waals surface area contributed by atoms with Crippen LogP contribution < -0.4 is 5.73 Å². The number of hydrogen-bond acceptors (Lipinski definition) is 1. The summed E-state index contributed by atoms with van der Waals surface area (Å²) in [6, 6.07) is 0. The zero-order valence-electron chi connectivity index (χ0n) is 11.4. The van der Waals surface area contributed by atoms with Crippen molar-refractivity contribution in [1.29, 1.82) is 0 Å². The molecule has 0 radical (unpaired) electrons. The lowest BCUT2D eigenvalue weighted by molar-refractivity contribution is 0.0294. The Balaban J connectivity index is 5.14. The first kappa shape index (κ1) is 14.0. The Hall–Kier alpha value is -0.0400. The molecule has 0 fully saturated rings. The summed E-state index contributed by atoms with van der Waals surface area (Å²) in [5, 5.41) is 0. The fourth-order valence-electron chi connectivity index (χ4n) is 3.48. The van der Waals surface area contributed by atoms with E-state index < -0.39 is 0 Å². The van der Waals surface area contributed by atoms with Crippen molar-refractivity contribution in [2.45, 2.75) is 67.3 Å². The Morgan fingerprint density at radius 2 is 1.14 bits per heavy atom. The third kappa shape index (κ3) is 3.27. The summed E-state index contributed by atoms with van der Waals surface area (Å²) in [5.41, 5.74) is 6.88. The molecule has 0 amide bonds. The molecule has 0 aliphatic heterocycles. The molecule has 0 saturated carbocycles. The highest BCUT2D eigenvalue weighted by Gasteiger charge is 2.44. The van der Waals surface area contributed by atoms with E-state index >= 15 is 0 Å². The Labute approximate surface area is 90.5 Å². The summed E-state index contributed by atoms with van der Waals surface area (Å²) in [6.07, 6.45) is 1.03. The monoisotopic (exact) mass is 199 g/mol. The molecule has 14 heavy (non-hydrogen) atoms. The largest absolute Gasteiger partial charge is 0.325 e. The normalized spacial score (nSPS) is 18.4. The molecule has 0 aromatic rings. The Morgan fingerprint density at radius 3 is 1.21 bits per heavy atom. The molecule has 0 heterocycles. The Morgan fingerprint density at radius 1 is 0.857 bits per heavy atom. The summed E-state index contributed by atoms with van der Waals surface area (Å²) in [4.78, 5) is 0. The molecule has 0 spiro atoms. The van der Waals surface area contributed by atoms with Crippen LogP contribution in [0, 0.1) is 16.7 Å². The van der Waals surface area contributed by atoms with Crippen LogP contribution in [0.4, 0.5) is 0 Å². The van der Waals surface area contributed by atoms with Crippen molar-refractivity contribution in [3.8, 4) is 0 Å². The van der Waals surface area contributed by atoms with E-state index in [-0.39, 0.29) is 16.4 Å². The van der Waals surface area contributed by atoms with Gasteiger partial charge in [0.05, 0.1) is 0 Å². The molecule has 0 saturated heterocycles. The van der Waals surface area contributed by atoms with Gasteiger partial charge in [0, 0.05) is 5.54 Å². The molecule has 1 heteroatoms. The van der Waals surface area contributed by atoms with Crippen LogP contribution in [0.2, 0.25) is 0 Å². The third-order valence-electron chi connectivity index (χ3n) is 3.15. The molecule has 0 aromatic heterocycles. The standard InChI is InChI=1S/C13H29N/c1-9-13(8,14)10(11(2,3)4)12(5,6)7/h10H,9,14H2,1-8H3. The average Bonchev–Trinajstić information content (AvgIpc) is 1.79. The van der Waals surface area contributed by atoms with Crippen LogP contribution in [0.1, 0.15) is 61.8 Å². The van der Waals surface area contributed by atoms with Crippen molar-refractivity contribution in [3.63, 3.8) is 0 Å². The van der Waals surface area contributed by atoms with Crippen LogP contribution in [0.3, 0.4) is 0 Å². The van der Waals surface area contributed by atoms with E-state index in [1.165, 1.54) is 0 Å². The van der Waals surface area contributed by atoms with Crippen LogP contribution in [-0.2, 0) is 0 Å². The van der Waals surface area contributed by atoms with Gasteiger partial charge in [0.25, 0.3) is 0 Å². The van der Waals surface area contributed by atoms with Gasteiger partial charge >= 0.3 is 0 Å². The number of rotatable bonds is 2. The minimum Gasteiger partial charge on any atom is -0.325 e. The highest BCUT2D eigenvalue weighted by molar-refractivity contribution is 4.98. The van der Waals surface area contributed by atoms with Crippen LogP contribution in [0.5, 0.6) is 0 Å². The van der Waals surface area contributed by atoms with Crippen LogP contribution in [-0.4, -0.2) is 5.54 Å². The van der Waals surface area contributed by atoms with Gasteiger partial charge in [0.2, 0.25) is 0 Å². The fourth-order valence-corrected chi connectivity index (χ4v) is 3.48. The molecule has 1 unspecified atom stereocenters. The summed E-state index contributed by atoms with van der Waals surface area (Å²) >= 11 is 0. The molecule has 2 N–H and O–H groups in total. The third-order valence-corrected chi connectivity index (χ3v) is 3.15. The van der Waals surface area contributed by atoms with E-state index in [0.29, 0.717) is 5.92 Å². The quantitative estimate of drug-likeness (QED) is 0.719. The van der Waals surface area contributed by atoms with Crippen molar-refractivity contribution in [2.75, 3.05) is 0 Å². The number of hydrogen-bond donors (Lipinski definition) is 1. The van der Waals surface area contributed by atoms with E-state index in [4.69, 9.17) is 5.73 Å². The van der Waals surface area contributed by atoms with Gasteiger partial charge in [0.1, 0.15) is 0 Å². The predicted octanol–water partition coefficient (Wildman–Crippen LogP) is 3.82. The molecular weight excluding hydrogens is 170 g/mol. The highest BCUT2D eigenvalue weighted by atomic mass is 14.8. The molecule has 0 bridgehead atoms. The second-order valence-electron chi connectivity index (χ2n) is 7.02. The van der Waals surface area contributed by atoms with Gasteiger partial charge in [-0.15, -0.1) is 0 Å². The second-order valence-corrected chi connectivity index (χ2v) is 7.02. The van der Waals surface area contributed by atoms with Crippen molar-refractivity contribution in [2.24, 2.45) is 22.5 Å².